The maximum atomic E-state index is 12.2. The molecular formula is C18H31Cl2N3O3. The van der Waals surface area contributed by atoms with Gasteiger partial charge in [0.2, 0.25) is 5.91 Å². The number of hydrogen-bond donors (Lipinski definition) is 2. The fourth-order valence-electron chi connectivity index (χ4n) is 2.65. The molecular weight excluding hydrogens is 377 g/mol. The van der Waals surface area contributed by atoms with Crippen LogP contribution in [0.2, 0.25) is 0 Å². The van der Waals surface area contributed by atoms with Crippen molar-refractivity contribution in [2.45, 2.75) is 26.4 Å². The van der Waals surface area contributed by atoms with Crippen molar-refractivity contribution in [2.75, 3.05) is 46.0 Å². The summed E-state index contributed by atoms with van der Waals surface area (Å²) in [5, 5.41) is 6.11. The van der Waals surface area contributed by atoms with E-state index in [0.717, 1.165) is 30.9 Å². The van der Waals surface area contributed by atoms with Crippen LogP contribution in [0.25, 0.3) is 0 Å². The highest BCUT2D eigenvalue weighted by molar-refractivity contribution is 5.85. The average molecular weight is 408 g/mol. The summed E-state index contributed by atoms with van der Waals surface area (Å²) in [4.78, 5) is 14.5. The summed E-state index contributed by atoms with van der Waals surface area (Å²) in [6.45, 7) is 10.1. The first kappa shape index (κ1) is 24.9. The Balaban J connectivity index is 0.00000312. The normalized spacial score (nSPS) is 16.3. The van der Waals surface area contributed by atoms with Gasteiger partial charge in [-0.25, -0.2) is 0 Å². The number of nitrogens with zero attached hydrogens (tertiary/aromatic N) is 1. The minimum atomic E-state index is -0.269. The molecule has 2 N–H and O–H groups in total. The number of halogens is 2. The molecule has 1 atom stereocenters. The molecule has 0 bridgehead atoms. The lowest BCUT2D eigenvalue weighted by atomic mass is 10.2. The van der Waals surface area contributed by atoms with Crippen molar-refractivity contribution in [3.05, 3.63) is 29.8 Å². The van der Waals surface area contributed by atoms with E-state index in [0.29, 0.717) is 32.9 Å². The molecule has 1 amide bonds. The van der Waals surface area contributed by atoms with Gasteiger partial charge in [0.1, 0.15) is 18.4 Å². The summed E-state index contributed by atoms with van der Waals surface area (Å²) in [6.07, 6.45) is 0. The molecule has 150 valence electrons. The molecule has 1 heterocycles. The van der Waals surface area contributed by atoms with Crippen molar-refractivity contribution >= 4 is 30.7 Å². The minimum absolute atomic E-state index is 0. The van der Waals surface area contributed by atoms with Gasteiger partial charge in [0.05, 0.1) is 13.2 Å². The first-order valence-electron chi connectivity index (χ1n) is 8.76. The molecule has 0 radical (unpaired) electrons. The van der Waals surface area contributed by atoms with Crippen molar-refractivity contribution in [3.8, 4) is 5.75 Å². The lowest BCUT2D eigenvalue weighted by Crippen LogP contribution is -2.51. The Labute approximate surface area is 168 Å². The summed E-state index contributed by atoms with van der Waals surface area (Å²) in [7, 11) is 0. The summed E-state index contributed by atoms with van der Waals surface area (Å²) < 4.78 is 11.2. The van der Waals surface area contributed by atoms with Crippen LogP contribution in [0, 0.1) is 0 Å². The topological polar surface area (TPSA) is 62.8 Å². The Bertz CT molecular complexity index is 510. The zero-order chi connectivity index (χ0) is 17.2. The second-order valence-electron chi connectivity index (χ2n) is 5.78. The van der Waals surface area contributed by atoms with E-state index in [4.69, 9.17) is 9.47 Å². The molecule has 1 saturated heterocycles. The lowest BCUT2D eigenvalue weighted by molar-refractivity contribution is -0.126. The lowest BCUT2D eigenvalue weighted by Gasteiger charge is -2.23. The van der Waals surface area contributed by atoms with Gasteiger partial charge in [-0.15, -0.1) is 24.8 Å². The number of hydrogen-bond acceptors (Lipinski definition) is 5. The van der Waals surface area contributed by atoms with Gasteiger partial charge in [0.15, 0.2) is 0 Å². The van der Waals surface area contributed by atoms with Crippen LogP contribution in [-0.4, -0.2) is 62.8 Å². The largest absolute Gasteiger partial charge is 0.492 e. The number of benzene rings is 1. The molecule has 1 aliphatic heterocycles. The van der Waals surface area contributed by atoms with Crippen molar-refractivity contribution in [1.29, 1.82) is 0 Å². The summed E-state index contributed by atoms with van der Waals surface area (Å²) in [5.41, 5.74) is 0.988. The van der Waals surface area contributed by atoms with Crippen LogP contribution < -0.4 is 15.4 Å². The first-order chi connectivity index (χ1) is 11.7. The number of para-hydroxylation sites is 1. The van der Waals surface area contributed by atoms with Crippen molar-refractivity contribution in [3.63, 3.8) is 0 Å². The highest BCUT2D eigenvalue weighted by atomic mass is 35.5. The highest BCUT2D eigenvalue weighted by Crippen LogP contribution is 2.17. The van der Waals surface area contributed by atoms with Crippen molar-refractivity contribution < 1.29 is 14.3 Å². The van der Waals surface area contributed by atoms with Gasteiger partial charge < -0.3 is 25.0 Å². The number of nitrogens with one attached hydrogen (secondary N) is 2. The van der Waals surface area contributed by atoms with Crippen LogP contribution in [-0.2, 0) is 16.1 Å². The molecule has 1 aliphatic rings. The van der Waals surface area contributed by atoms with Gasteiger partial charge in [-0.05, 0) is 19.2 Å². The standard InChI is InChI=1S/C18H29N3O3.2ClH/c1-3-21(4-2)10-12-24-17-8-6-5-7-15(17)13-20-18(22)16-14-23-11-9-19-16;;/h5-8,16,19H,3-4,9-14H2,1-2H3,(H,20,22);2*1H. The van der Waals surface area contributed by atoms with Gasteiger partial charge in [-0.2, -0.15) is 0 Å². The van der Waals surface area contributed by atoms with E-state index in [1.54, 1.807) is 0 Å². The van der Waals surface area contributed by atoms with Crippen LogP contribution in [0.15, 0.2) is 24.3 Å². The van der Waals surface area contributed by atoms with Gasteiger partial charge in [0.25, 0.3) is 0 Å². The minimum Gasteiger partial charge on any atom is -0.492 e. The number of amides is 1. The van der Waals surface area contributed by atoms with E-state index >= 15 is 0 Å². The van der Waals surface area contributed by atoms with Crippen LogP contribution in [0.1, 0.15) is 19.4 Å². The molecule has 6 nitrogen and oxygen atoms in total. The van der Waals surface area contributed by atoms with E-state index in [9.17, 15) is 4.79 Å². The van der Waals surface area contributed by atoms with E-state index in [-0.39, 0.29) is 36.8 Å². The Kier molecular flexibility index (Phi) is 13.5. The second-order valence-corrected chi connectivity index (χ2v) is 5.78. The zero-order valence-electron chi connectivity index (χ0n) is 15.5. The molecule has 2 rings (SSSR count). The summed E-state index contributed by atoms with van der Waals surface area (Å²) in [6, 6.07) is 7.58. The fraction of sp³-hybridized carbons (Fsp3) is 0.611. The quantitative estimate of drug-likeness (QED) is 0.653. The summed E-state index contributed by atoms with van der Waals surface area (Å²) >= 11 is 0. The molecule has 1 aromatic carbocycles. The number of carbonyl (C=O) groups is 1. The van der Waals surface area contributed by atoms with Crippen LogP contribution >= 0.6 is 24.8 Å². The average Bonchev–Trinajstić information content (AvgIpc) is 2.65. The van der Waals surface area contributed by atoms with Crippen molar-refractivity contribution in [2.24, 2.45) is 0 Å². The number of carbonyl (C=O) groups excluding carboxylic acids is 1. The van der Waals surface area contributed by atoms with E-state index in [1.165, 1.54) is 0 Å². The van der Waals surface area contributed by atoms with E-state index in [1.807, 2.05) is 24.3 Å². The fourth-order valence-corrected chi connectivity index (χ4v) is 2.65. The molecule has 8 heteroatoms. The molecule has 0 aromatic heterocycles. The Morgan fingerprint density at radius 2 is 2.04 bits per heavy atom. The Morgan fingerprint density at radius 3 is 2.69 bits per heavy atom. The predicted octanol–water partition coefficient (Wildman–Crippen LogP) is 1.86. The van der Waals surface area contributed by atoms with E-state index in [2.05, 4.69) is 29.4 Å². The third-order valence-electron chi connectivity index (χ3n) is 4.22. The molecule has 0 saturated carbocycles. The van der Waals surface area contributed by atoms with Gasteiger partial charge in [-0.3, -0.25) is 4.79 Å². The van der Waals surface area contributed by atoms with Crippen LogP contribution in [0.3, 0.4) is 0 Å². The first-order valence-corrected chi connectivity index (χ1v) is 8.76. The smallest absolute Gasteiger partial charge is 0.239 e. The zero-order valence-corrected chi connectivity index (χ0v) is 17.2. The van der Waals surface area contributed by atoms with Gasteiger partial charge in [0, 0.05) is 25.2 Å². The third kappa shape index (κ3) is 8.10. The van der Waals surface area contributed by atoms with Crippen molar-refractivity contribution in [1.82, 2.24) is 15.5 Å². The molecule has 0 aliphatic carbocycles. The third-order valence-corrected chi connectivity index (χ3v) is 4.22. The maximum Gasteiger partial charge on any atom is 0.239 e. The summed E-state index contributed by atoms with van der Waals surface area (Å²) in [5.74, 6) is 0.797. The Morgan fingerprint density at radius 1 is 1.31 bits per heavy atom. The molecule has 1 aromatic rings. The molecule has 26 heavy (non-hydrogen) atoms. The maximum absolute atomic E-state index is 12.2. The van der Waals surface area contributed by atoms with E-state index < -0.39 is 0 Å². The van der Waals surface area contributed by atoms with Crippen LogP contribution in [0.5, 0.6) is 5.75 Å². The second kappa shape index (κ2) is 14.1. The van der Waals surface area contributed by atoms with Gasteiger partial charge >= 0.3 is 0 Å². The molecule has 0 spiro atoms. The Hall–Kier alpha value is -1.05. The highest BCUT2D eigenvalue weighted by Gasteiger charge is 2.20. The number of ether oxygens (including phenoxy) is 2. The van der Waals surface area contributed by atoms with Gasteiger partial charge in [-0.1, -0.05) is 32.0 Å². The monoisotopic (exact) mass is 407 g/mol. The SMILES string of the molecule is CCN(CC)CCOc1ccccc1CNC(=O)C1COCCN1.Cl.Cl. The van der Waals surface area contributed by atoms with Crippen LogP contribution in [0.4, 0.5) is 0 Å². The molecule has 1 fully saturated rings. The number of morpholine rings is 1. The predicted molar refractivity (Wildman–Crippen MR) is 109 cm³/mol. The number of likely N-dealkylation sites (N-methyl/N-ethyl adjacent to an activating group) is 1. The molecule has 1 unspecified atom stereocenters. The number of rotatable bonds is 9.